The number of pyridine rings is 1. The molecule has 0 saturated heterocycles. The summed E-state index contributed by atoms with van der Waals surface area (Å²) in [4.78, 5) is 0. The van der Waals surface area contributed by atoms with E-state index in [1.54, 1.807) is 12.1 Å². The molecule has 3 nitrogen and oxygen atoms in total. The molecule has 0 aliphatic carbocycles. The average molecular weight is 198 g/mol. The Morgan fingerprint density at radius 1 is 1.46 bits per heavy atom. The predicted molar refractivity (Wildman–Crippen MR) is 54.1 cm³/mol. The number of hydrogen-bond donors (Lipinski definition) is 1. The molecule has 1 rings (SSSR count). The fraction of sp³-hybridized carbons (Fsp3) is 0.444. The Kier molecular flexibility index (Phi) is 3.57. The Morgan fingerprint density at radius 2 is 2.15 bits per heavy atom. The molecule has 0 fully saturated rings. The highest BCUT2D eigenvalue weighted by Crippen LogP contribution is 2.20. The topological polar surface area (TPSA) is 53.0 Å². The van der Waals surface area contributed by atoms with Crippen molar-refractivity contribution >= 4 is 11.8 Å². The first-order chi connectivity index (χ1) is 6.11. The third-order valence-corrected chi connectivity index (χ3v) is 3.08. The second kappa shape index (κ2) is 4.48. The van der Waals surface area contributed by atoms with Crippen molar-refractivity contribution in [3.05, 3.63) is 29.6 Å². The molecular formula is C9H14N2OS. The Labute approximate surface area is 82.5 Å². The SMILES string of the molecule is CC(C)C(N)Sc1cccc[n+]1[O-]. The van der Waals surface area contributed by atoms with E-state index in [4.69, 9.17) is 5.73 Å². The highest BCUT2D eigenvalue weighted by atomic mass is 32.2. The summed E-state index contributed by atoms with van der Waals surface area (Å²) in [5.74, 6) is 0.366. The molecule has 13 heavy (non-hydrogen) atoms. The van der Waals surface area contributed by atoms with Gasteiger partial charge in [0.1, 0.15) is 0 Å². The zero-order valence-electron chi connectivity index (χ0n) is 7.81. The van der Waals surface area contributed by atoms with E-state index >= 15 is 0 Å². The summed E-state index contributed by atoms with van der Waals surface area (Å²) in [5.41, 5.74) is 5.83. The summed E-state index contributed by atoms with van der Waals surface area (Å²) in [7, 11) is 0. The van der Waals surface area contributed by atoms with Gasteiger partial charge in [-0.1, -0.05) is 13.8 Å². The van der Waals surface area contributed by atoms with E-state index in [1.165, 1.54) is 18.0 Å². The van der Waals surface area contributed by atoms with Crippen LogP contribution in [0.1, 0.15) is 13.8 Å². The van der Waals surface area contributed by atoms with E-state index in [2.05, 4.69) is 0 Å². The number of rotatable bonds is 3. The van der Waals surface area contributed by atoms with Gasteiger partial charge in [0.15, 0.2) is 6.20 Å². The quantitative estimate of drug-likeness (QED) is 0.345. The molecule has 0 aromatic carbocycles. The molecule has 0 aliphatic rings. The van der Waals surface area contributed by atoms with Crippen LogP contribution in [0.15, 0.2) is 29.4 Å². The summed E-state index contributed by atoms with van der Waals surface area (Å²) in [6.07, 6.45) is 1.48. The molecule has 1 heterocycles. The largest absolute Gasteiger partial charge is 0.618 e. The van der Waals surface area contributed by atoms with Gasteiger partial charge in [0.2, 0.25) is 0 Å². The van der Waals surface area contributed by atoms with Crippen LogP contribution in [0.2, 0.25) is 0 Å². The van der Waals surface area contributed by atoms with Crippen LogP contribution in [0.5, 0.6) is 0 Å². The van der Waals surface area contributed by atoms with Gasteiger partial charge in [0.05, 0.1) is 5.37 Å². The Morgan fingerprint density at radius 3 is 2.69 bits per heavy atom. The molecule has 1 atom stereocenters. The van der Waals surface area contributed by atoms with Gasteiger partial charge in [-0.05, 0) is 23.7 Å². The van der Waals surface area contributed by atoms with Gasteiger partial charge in [0.25, 0.3) is 5.03 Å². The molecule has 0 aliphatic heterocycles. The van der Waals surface area contributed by atoms with Gasteiger partial charge < -0.3 is 10.9 Å². The first kappa shape index (κ1) is 10.3. The average Bonchev–Trinajstić information content (AvgIpc) is 2.08. The summed E-state index contributed by atoms with van der Waals surface area (Å²) >= 11 is 1.41. The summed E-state index contributed by atoms with van der Waals surface area (Å²) in [6.45, 7) is 4.07. The lowest BCUT2D eigenvalue weighted by molar-refractivity contribution is -0.645. The summed E-state index contributed by atoms with van der Waals surface area (Å²) in [5, 5.41) is 11.8. The van der Waals surface area contributed by atoms with Gasteiger partial charge in [-0.2, -0.15) is 4.73 Å². The molecule has 0 spiro atoms. The fourth-order valence-electron chi connectivity index (χ4n) is 0.779. The number of thioether (sulfide) groups is 1. The molecule has 2 N–H and O–H groups in total. The summed E-state index contributed by atoms with van der Waals surface area (Å²) < 4.78 is 0.840. The molecule has 1 aromatic heterocycles. The molecule has 4 heteroatoms. The smallest absolute Gasteiger partial charge is 0.252 e. The van der Waals surface area contributed by atoms with Crippen molar-refractivity contribution < 1.29 is 4.73 Å². The third kappa shape index (κ3) is 2.90. The van der Waals surface area contributed by atoms with E-state index in [-0.39, 0.29) is 5.37 Å². The lowest BCUT2D eigenvalue weighted by Crippen LogP contribution is -2.31. The van der Waals surface area contributed by atoms with Crippen molar-refractivity contribution in [1.29, 1.82) is 0 Å². The molecular weight excluding hydrogens is 184 g/mol. The normalized spacial score (nSPS) is 13.2. The van der Waals surface area contributed by atoms with Gasteiger partial charge >= 0.3 is 0 Å². The highest BCUT2D eigenvalue weighted by Gasteiger charge is 2.14. The van der Waals surface area contributed by atoms with Crippen LogP contribution in [-0.2, 0) is 0 Å². The van der Waals surface area contributed by atoms with E-state index in [0.717, 1.165) is 4.73 Å². The number of nitrogens with two attached hydrogens (primary N) is 1. The minimum atomic E-state index is -0.0254. The molecule has 1 unspecified atom stereocenters. The number of aromatic nitrogens is 1. The van der Waals surface area contributed by atoms with Gasteiger partial charge in [-0.25, -0.2) is 0 Å². The van der Waals surface area contributed by atoms with Crippen LogP contribution < -0.4 is 10.5 Å². The van der Waals surface area contributed by atoms with E-state index in [9.17, 15) is 5.21 Å². The molecule has 1 aromatic rings. The lowest BCUT2D eigenvalue weighted by atomic mass is 10.2. The maximum absolute atomic E-state index is 11.2. The van der Waals surface area contributed by atoms with Crippen LogP contribution in [0.3, 0.4) is 0 Å². The first-order valence-electron chi connectivity index (χ1n) is 4.21. The zero-order chi connectivity index (χ0) is 9.84. The van der Waals surface area contributed by atoms with Crippen molar-refractivity contribution in [2.75, 3.05) is 0 Å². The number of nitrogens with zero attached hydrogens (tertiary/aromatic N) is 1. The van der Waals surface area contributed by atoms with Gasteiger partial charge in [-0.15, -0.1) is 0 Å². The van der Waals surface area contributed by atoms with Crippen molar-refractivity contribution in [3.8, 4) is 0 Å². The third-order valence-electron chi connectivity index (χ3n) is 1.70. The molecule has 0 radical (unpaired) electrons. The fourth-order valence-corrected chi connectivity index (χ4v) is 1.65. The van der Waals surface area contributed by atoms with Gasteiger partial charge in [-0.3, -0.25) is 0 Å². The Balaban J connectivity index is 2.69. The molecule has 0 bridgehead atoms. The molecule has 72 valence electrons. The van der Waals surface area contributed by atoms with Crippen LogP contribution >= 0.6 is 11.8 Å². The van der Waals surface area contributed by atoms with Crippen LogP contribution in [0.25, 0.3) is 0 Å². The summed E-state index contributed by atoms with van der Waals surface area (Å²) in [6, 6.07) is 5.32. The van der Waals surface area contributed by atoms with Crippen LogP contribution in [-0.4, -0.2) is 5.37 Å². The van der Waals surface area contributed by atoms with Gasteiger partial charge in [0, 0.05) is 12.1 Å². The first-order valence-corrected chi connectivity index (χ1v) is 5.09. The Bertz CT molecular complexity index is 278. The number of hydrogen-bond acceptors (Lipinski definition) is 3. The van der Waals surface area contributed by atoms with E-state index < -0.39 is 0 Å². The van der Waals surface area contributed by atoms with E-state index in [1.807, 2.05) is 19.9 Å². The predicted octanol–water partition coefficient (Wildman–Crippen LogP) is 1.35. The second-order valence-electron chi connectivity index (χ2n) is 3.19. The lowest BCUT2D eigenvalue weighted by Gasteiger charge is -2.13. The maximum Gasteiger partial charge on any atom is 0.252 e. The van der Waals surface area contributed by atoms with Crippen molar-refractivity contribution in [1.82, 2.24) is 0 Å². The zero-order valence-corrected chi connectivity index (χ0v) is 8.62. The minimum Gasteiger partial charge on any atom is -0.618 e. The molecule has 0 saturated carbocycles. The standard InChI is InChI=1S/C9H14N2OS/c1-7(2)9(10)13-8-5-3-4-6-11(8)12/h3-7,9H,10H2,1-2H3. The van der Waals surface area contributed by atoms with Crippen molar-refractivity contribution in [2.45, 2.75) is 24.2 Å². The second-order valence-corrected chi connectivity index (χ2v) is 4.39. The van der Waals surface area contributed by atoms with Crippen molar-refractivity contribution in [2.24, 2.45) is 11.7 Å². The molecule has 0 amide bonds. The van der Waals surface area contributed by atoms with Crippen LogP contribution in [0, 0.1) is 11.1 Å². The highest BCUT2D eigenvalue weighted by molar-refractivity contribution is 7.99. The Hall–Kier alpha value is -0.740. The minimum absolute atomic E-state index is 0.0254. The van der Waals surface area contributed by atoms with E-state index in [0.29, 0.717) is 10.9 Å². The monoisotopic (exact) mass is 198 g/mol. The van der Waals surface area contributed by atoms with Crippen LogP contribution in [0.4, 0.5) is 0 Å². The maximum atomic E-state index is 11.2. The van der Waals surface area contributed by atoms with Crippen molar-refractivity contribution in [3.63, 3.8) is 0 Å².